The predicted octanol–water partition coefficient (Wildman–Crippen LogP) is 2.87. The molecular weight excluding hydrogens is 352 g/mol. The number of aromatic nitrogens is 2. The van der Waals surface area contributed by atoms with Gasteiger partial charge in [-0.25, -0.2) is 0 Å². The molecule has 0 amide bonds. The lowest BCUT2D eigenvalue weighted by Gasteiger charge is -2.28. The fraction of sp³-hybridized carbons (Fsp3) is 0.571. The Morgan fingerprint density at radius 3 is 2.50 bits per heavy atom. The van der Waals surface area contributed by atoms with Crippen LogP contribution in [0, 0.1) is 0 Å². The molecule has 7 nitrogen and oxygen atoms in total. The zero-order valence-corrected chi connectivity index (χ0v) is 17.4. The van der Waals surface area contributed by atoms with E-state index in [2.05, 4.69) is 81.8 Å². The second kappa shape index (κ2) is 9.19. The van der Waals surface area contributed by atoms with Crippen LogP contribution >= 0.6 is 0 Å². The molecule has 0 saturated carbocycles. The van der Waals surface area contributed by atoms with Crippen LogP contribution in [0.25, 0.3) is 0 Å². The number of hydrogen-bond acceptors (Lipinski definition) is 5. The van der Waals surface area contributed by atoms with Crippen LogP contribution in [0.1, 0.15) is 56.9 Å². The minimum absolute atomic E-state index is 0.149. The number of rotatable bonds is 6. The van der Waals surface area contributed by atoms with E-state index in [1.807, 2.05) is 0 Å². The maximum atomic E-state index is 5.35. The monoisotopic (exact) mass is 384 g/mol. The Bertz CT molecular complexity index is 759. The fourth-order valence-corrected chi connectivity index (χ4v) is 3.39. The van der Waals surface area contributed by atoms with Crippen LogP contribution < -0.4 is 10.6 Å². The van der Waals surface area contributed by atoms with Crippen molar-refractivity contribution in [1.29, 1.82) is 0 Å². The van der Waals surface area contributed by atoms with Crippen LogP contribution in [0.3, 0.4) is 0 Å². The summed E-state index contributed by atoms with van der Waals surface area (Å²) >= 11 is 0. The van der Waals surface area contributed by atoms with E-state index in [1.54, 1.807) is 7.05 Å². The van der Waals surface area contributed by atoms with Gasteiger partial charge in [0.2, 0.25) is 5.89 Å². The molecule has 2 N–H and O–H groups in total. The Balaban J connectivity index is 1.58. The first kappa shape index (κ1) is 20.3. The topological polar surface area (TPSA) is 78.6 Å². The number of nitrogens with zero attached hydrogens (tertiary/aromatic N) is 4. The minimum atomic E-state index is -0.149. The molecule has 3 rings (SSSR count). The average molecular weight is 385 g/mol. The van der Waals surface area contributed by atoms with Crippen molar-refractivity contribution < 1.29 is 4.52 Å². The molecule has 0 aliphatic carbocycles. The number of guanidine groups is 1. The summed E-state index contributed by atoms with van der Waals surface area (Å²) in [7, 11) is 1.78. The van der Waals surface area contributed by atoms with Crippen molar-refractivity contribution in [3.8, 4) is 0 Å². The molecule has 152 valence electrons. The first-order valence-electron chi connectivity index (χ1n) is 10.0. The van der Waals surface area contributed by atoms with Crippen LogP contribution in [-0.2, 0) is 12.0 Å². The van der Waals surface area contributed by atoms with E-state index in [1.165, 1.54) is 18.4 Å². The first-order chi connectivity index (χ1) is 13.5. The SMILES string of the molecule is CN=C(NCc1noc(C(C)(C)C)n1)NCC(c1ccccc1)N1CCCC1. The van der Waals surface area contributed by atoms with Gasteiger partial charge in [-0.15, -0.1) is 0 Å². The third-order valence-electron chi connectivity index (χ3n) is 4.98. The van der Waals surface area contributed by atoms with E-state index >= 15 is 0 Å². The number of likely N-dealkylation sites (tertiary alicyclic amines) is 1. The molecule has 1 aliphatic heterocycles. The quantitative estimate of drug-likeness (QED) is 0.589. The summed E-state index contributed by atoms with van der Waals surface area (Å²) in [6.45, 7) is 9.72. The molecule has 2 heterocycles. The smallest absolute Gasteiger partial charge is 0.232 e. The summed E-state index contributed by atoms with van der Waals surface area (Å²) < 4.78 is 5.35. The van der Waals surface area contributed by atoms with Crippen LogP contribution in [0.15, 0.2) is 39.8 Å². The van der Waals surface area contributed by atoms with Gasteiger partial charge in [0, 0.05) is 19.0 Å². The molecule has 0 bridgehead atoms. The van der Waals surface area contributed by atoms with E-state index in [9.17, 15) is 0 Å². The standard InChI is InChI=1S/C21H32N6O/c1-21(2,3)19-25-18(26-28-19)15-24-20(22-4)23-14-17(27-12-8-9-13-27)16-10-6-5-7-11-16/h5-7,10-11,17H,8-9,12-15H2,1-4H3,(H2,22,23,24). The Morgan fingerprint density at radius 2 is 1.89 bits per heavy atom. The van der Waals surface area contributed by atoms with Crippen molar-refractivity contribution in [1.82, 2.24) is 25.7 Å². The lowest BCUT2D eigenvalue weighted by Crippen LogP contribution is -2.42. The molecule has 1 aromatic carbocycles. The summed E-state index contributed by atoms with van der Waals surface area (Å²) in [4.78, 5) is 11.3. The number of benzene rings is 1. The van der Waals surface area contributed by atoms with E-state index in [-0.39, 0.29) is 5.41 Å². The molecule has 1 atom stereocenters. The average Bonchev–Trinajstić information content (AvgIpc) is 3.37. The zero-order valence-electron chi connectivity index (χ0n) is 17.4. The van der Waals surface area contributed by atoms with Crippen LogP contribution in [0.5, 0.6) is 0 Å². The summed E-state index contributed by atoms with van der Waals surface area (Å²) in [5.74, 6) is 2.01. The fourth-order valence-electron chi connectivity index (χ4n) is 3.39. The highest BCUT2D eigenvalue weighted by Gasteiger charge is 2.24. The lowest BCUT2D eigenvalue weighted by molar-refractivity contribution is 0.245. The van der Waals surface area contributed by atoms with Gasteiger partial charge in [-0.2, -0.15) is 4.98 Å². The third-order valence-corrected chi connectivity index (χ3v) is 4.98. The van der Waals surface area contributed by atoms with Gasteiger partial charge in [0.1, 0.15) is 0 Å². The Labute approximate surface area is 167 Å². The molecule has 1 fully saturated rings. The first-order valence-corrected chi connectivity index (χ1v) is 10.0. The van der Waals surface area contributed by atoms with Gasteiger partial charge in [0.15, 0.2) is 11.8 Å². The van der Waals surface area contributed by atoms with Gasteiger partial charge >= 0.3 is 0 Å². The molecule has 1 aromatic heterocycles. The van der Waals surface area contributed by atoms with E-state index in [0.717, 1.165) is 25.6 Å². The molecule has 1 saturated heterocycles. The summed E-state index contributed by atoms with van der Waals surface area (Å²) in [6.07, 6.45) is 2.54. The molecule has 0 radical (unpaired) electrons. The second-order valence-corrected chi connectivity index (χ2v) is 8.24. The van der Waals surface area contributed by atoms with E-state index < -0.39 is 0 Å². The number of aliphatic imine (C=N–C) groups is 1. The zero-order chi connectivity index (χ0) is 20.0. The predicted molar refractivity (Wildman–Crippen MR) is 111 cm³/mol. The molecular formula is C21H32N6O. The maximum absolute atomic E-state index is 5.35. The highest BCUT2D eigenvalue weighted by molar-refractivity contribution is 5.79. The molecule has 7 heteroatoms. The van der Waals surface area contributed by atoms with Gasteiger partial charge in [-0.1, -0.05) is 56.3 Å². The van der Waals surface area contributed by atoms with Crippen LogP contribution in [-0.4, -0.2) is 47.7 Å². The Morgan fingerprint density at radius 1 is 1.18 bits per heavy atom. The Hall–Kier alpha value is -2.41. The highest BCUT2D eigenvalue weighted by Crippen LogP contribution is 2.24. The molecule has 2 aromatic rings. The van der Waals surface area contributed by atoms with Crippen LogP contribution in [0.2, 0.25) is 0 Å². The van der Waals surface area contributed by atoms with Crippen molar-refractivity contribution in [3.63, 3.8) is 0 Å². The molecule has 1 aliphatic rings. The van der Waals surface area contributed by atoms with Crippen molar-refractivity contribution >= 4 is 5.96 Å². The molecule has 0 spiro atoms. The number of nitrogens with one attached hydrogen (secondary N) is 2. The van der Waals surface area contributed by atoms with Gasteiger partial charge in [-0.3, -0.25) is 9.89 Å². The summed E-state index contributed by atoms with van der Waals surface area (Å²) in [5, 5.41) is 10.8. The van der Waals surface area contributed by atoms with Gasteiger partial charge < -0.3 is 15.2 Å². The van der Waals surface area contributed by atoms with Crippen molar-refractivity contribution in [2.75, 3.05) is 26.7 Å². The van der Waals surface area contributed by atoms with Gasteiger partial charge in [-0.05, 0) is 31.5 Å². The molecule has 28 heavy (non-hydrogen) atoms. The largest absolute Gasteiger partial charge is 0.354 e. The summed E-state index contributed by atoms with van der Waals surface area (Å²) in [6, 6.07) is 11.0. The minimum Gasteiger partial charge on any atom is -0.354 e. The van der Waals surface area contributed by atoms with Crippen molar-refractivity contribution in [2.24, 2.45) is 4.99 Å². The second-order valence-electron chi connectivity index (χ2n) is 8.24. The van der Waals surface area contributed by atoms with Crippen molar-refractivity contribution in [3.05, 3.63) is 47.6 Å². The maximum Gasteiger partial charge on any atom is 0.232 e. The van der Waals surface area contributed by atoms with Gasteiger partial charge in [0.05, 0.1) is 12.6 Å². The normalized spacial score (nSPS) is 16.9. The van der Waals surface area contributed by atoms with E-state index in [4.69, 9.17) is 4.52 Å². The third kappa shape index (κ3) is 5.32. The van der Waals surface area contributed by atoms with Crippen LogP contribution in [0.4, 0.5) is 0 Å². The van der Waals surface area contributed by atoms with Gasteiger partial charge in [0.25, 0.3) is 0 Å². The number of hydrogen-bond donors (Lipinski definition) is 2. The molecule has 1 unspecified atom stereocenters. The Kier molecular flexibility index (Phi) is 6.67. The highest BCUT2D eigenvalue weighted by atomic mass is 16.5. The lowest BCUT2D eigenvalue weighted by atomic mass is 9.97. The van der Waals surface area contributed by atoms with Crippen molar-refractivity contribution in [2.45, 2.75) is 51.6 Å². The van der Waals surface area contributed by atoms with E-state index in [0.29, 0.717) is 24.3 Å². The summed E-state index contributed by atoms with van der Waals surface area (Å²) in [5.41, 5.74) is 1.18.